The van der Waals surface area contributed by atoms with Crippen molar-refractivity contribution in [3.8, 4) is 5.75 Å². The number of amides is 1. The Bertz CT molecular complexity index is 529. The maximum absolute atomic E-state index is 11.9. The number of benzene rings is 1. The van der Waals surface area contributed by atoms with Gasteiger partial charge >= 0.3 is 5.69 Å². The van der Waals surface area contributed by atoms with E-state index < -0.39 is 11.0 Å². The first kappa shape index (κ1) is 21.4. The Hall–Kier alpha value is -1.57. The third-order valence-corrected chi connectivity index (χ3v) is 3.05. The number of nitro groups is 1. The van der Waals surface area contributed by atoms with Gasteiger partial charge in [-0.2, -0.15) is 0 Å². The van der Waals surface area contributed by atoms with Crippen molar-refractivity contribution < 1.29 is 14.5 Å². The van der Waals surface area contributed by atoms with Crippen LogP contribution in [0.15, 0.2) is 18.2 Å². The lowest BCUT2D eigenvalue weighted by molar-refractivity contribution is -0.386. The first-order chi connectivity index (χ1) is 10.5. The molecule has 1 rings (SSSR count). The largest absolute Gasteiger partial charge is 0.474 e. The number of hydrogen-bond acceptors (Lipinski definition) is 5. The molecular formula is C14H21Cl2N3O4. The third-order valence-electron chi connectivity index (χ3n) is 2.82. The zero-order valence-electron chi connectivity index (χ0n) is 13.0. The molecule has 0 aliphatic carbocycles. The zero-order chi connectivity index (χ0) is 16.5. The minimum absolute atomic E-state index is 0. The summed E-state index contributed by atoms with van der Waals surface area (Å²) in [6.07, 6.45) is 0.180. The summed E-state index contributed by atoms with van der Waals surface area (Å²) in [6, 6.07) is 4.05. The quantitative estimate of drug-likeness (QED) is 0.398. The molecule has 0 aromatic heterocycles. The number of carbonyl (C=O) groups excluding carboxylic acids is 1. The molecule has 1 atom stereocenters. The van der Waals surface area contributed by atoms with Gasteiger partial charge in [0.1, 0.15) is 0 Å². The molecule has 0 heterocycles. The summed E-state index contributed by atoms with van der Waals surface area (Å²) < 4.78 is 5.37. The lowest BCUT2D eigenvalue weighted by Gasteiger charge is -2.15. The van der Waals surface area contributed by atoms with Gasteiger partial charge in [-0.1, -0.05) is 18.5 Å². The molecule has 0 aliphatic heterocycles. The van der Waals surface area contributed by atoms with Crippen molar-refractivity contribution in [3.63, 3.8) is 0 Å². The van der Waals surface area contributed by atoms with Gasteiger partial charge in [-0.15, -0.1) is 12.4 Å². The van der Waals surface area contributed by atoms with E-state index in [1.54, 1.807) is 0 Å². The fourth-order valence-corrected chi connectivity index (χ4v) is 1.86. The van der Waals surface area contributed by atoms with Crippen LogP contribution in [-0.2, 0) is 4.79 Å². The summed E-state index contributed by atoms with van der Waals surface area (Å²) >= 11 is 5.72. The smallest absolute Gasteiger partial charge is 0.312 e. The molecule has 1 unspecified atom stereocenters. The molecule has 1 aromatic rings. The van der Waals surface area contributed by atoms with Crippen LogP contribution in [-0.4, -0.2) is 36.6 Å². The molecule has 0 fully saturated rings. The van der Waals surface area contributed by atoms with Crippen molar-refractivity contribution in [2.45, 2.75) is 26.4 Å². The maximum atomic E-state index is 11.9. The maximum Gasteiger partial charge on any atom is 0.312 e. The molecule has 1 amide bonds. The molecule has 0 saturated heterocycles. The van der Waals surface area contributed by atoms with E-state index in [1.807, 2.05) is 0 Å². The number of ether oxygens (including phenoxy) is 1. The first-order valence-corrected chi connectivity index (χ1v) is 7.42. The summed E-state index contributed by atoms with van der Waals surface area (Å²) in [5.74, 6) is -0.316. The third kappa shape index (κ3) is 7.49. The Morgan fingerprint density at radius 2 is 2.09 bits per heavy atom. The van der Waals surface area contributed by atoms with Crippen molar-refractivity contribution in [1.82, 2.24) is 10.6 Å². The van der Waals surface area contributed by atoms with E-state index in [0.717, 1.165) is 13.0 Å². The van der Waals surface area contributed by atoms with Gasteiger partial charge in [-0.05, 0) is 32.0 Å². The molecule has 1 aromatic carbocycles. The van der Waals surface area contributed by atoms with Gasteiger partial charge in [0.2, 0.25) is 0 Å². The second-order valence-corrected chi connectivity index (χ2v) is 5.11. The highest BCUT2D eigenvalue weighted by Gasteiger charge is 2.21. The van der Waals surface area contributed by atoms with E-state index >= 15 is 0 Å². The van der Waals surface area contributed by atoms with E-state index in [2.05, 4.69) is 17.6 Å². The van der Waals surface area contributed by atoms with E-state index in [-0.39, 0.29) is 34.8 Å². The van der Waals surface area contributed by atoms with E-state index in [1.165, 1.54) is 25.1 Å². The molecule has 7 nitrogen and oxygen atoms in total. The molecule has 130 valence electrons. The Kier molecular flexibility index (Phi) is 10.3. The second kappa shape index (κ2) is 11.0. The van der Waals surface area contributed by atoms with Gasteiger partial charge in [-0.3, -0.25) is 14.9 Å². The average Bonchev–Trinajstić information content (AvgIpc) is 2.48. The fraction of sp³-hybridized carbons (Fsp3) is 0.500. The van der Waals surface area contributed by atoms with E-state index in [0.29, 0.717) is 13.1 Å². The van der Waals surface area contributed by atoms with E-state index in [4.69, 9.17) is 16.3 Å². The van der Waals surface area contributed by atoms with Gasteiger partial charge in [0.05, 0.1) is 4.92 Å². The van der Waals surface area contributed by atoms with Gasteiger partial charge in [-0.25, -0.2) is 0 Å². The number of halogens is 2. The summed E-state index contributed by atoms with van der Waals surface area (Å²) in [5.41, 5.74) is -0.267. The van der Waals surface area contributed by atoms with Crippen LogP contribution < -0.4 is 15.4 Å². The van der Waals surface area contributed by atoms with Crippen molar-refractivity contribution in [1.29, 1.82) is 0 Å². The van der Waals surface area contributed by atoms with Crippen LogP contribution in [0.3, 0.4) is 0 Å². The number of nitrogens with one attached hydrogen (secondary N) is 2. The van der Waals surface area contributed by atoms with Gasteiger partial charge < -0.3 is 15.4 Å². The van der Waals surface area contributed by atoms with Gasteiger partial charge in [0.15, 0.2) is 11.9 Å². The molecule has 2 N–H and O–H groups in total. The number of hydrogen-bond donors (Lipinski definition) is 2. The number of nitrogens with zero attached hydrogens (tertiary/aromatic N) is 1. The lowest BCUT2D eigenvalue weighted by Crippen LogP contribution is -2.39. The minimum Gasteiger partial charge on any atom is -0.474 e. The molecule has 0 saturated carbocycles. The second-order valence-electron chi connectivity index (χ2n) is 4.67. The lowest BCUT2D eigenvalue weighted by atomic mass is 10.3. The average molecular weight is 366 g/mol. The highest BCUT2D eigenvalue weighted by atomic mass is 35.5. The van der Waals surface area contributed by atoms with Crippen molar-refractivity contribution in [2.75, 3.05) is 19.6 Å². The molecule has 0 radical (unpaired) electrons. The highest BCUT2D eigenvalue weighted by Crippen LogP contribution is 2.30. The summed E-state index contributed by atoms with van der Waals surface area (Å²) in [5, 5.41) is 17.0. The number of nitro benzene ring substituents is 1. The fourth-order valence-electron chi connectivity index (χ4n) is 1.70. The van der Waals surface area contributed by atoms with Crippen molar-refractivity contribution in [2.24, 2.45) is 0 Å². The van der Waals surface area contributed by atoms with Crippen LogP contribution in [0, 0.1) is 10.1 Å². The van der Waals surface area contributed by atoms with Crippen LogP contribution in [0.4, 0.5) is 5.69 Å². The predicted octanol–water partition coefficient (Wildman–Crippen LogP) is 2.55. The topological polar surface area (TPSA) is 93.5 Å². The standard InChI is InChI=1S/C14H20ClN3O4.ClH/c1-3-6-16-7-8-17-14(19)10(2)22-13-5-4-11(15)9-12(13)18(20)21;/h4-5,9-10,16H,3,6-8H2,1-2H3,(H,17,19);1H. The molecular weight excluding hydrogens is 345 g/mol. The molecule has 0 aliphatic rings. The minimum atomic E-state index is -0.842. The van der Waals surface area contributed by atoms with Crippen LogP contribution in [0.25, 0.3) is 0 Å². The molecule has 0 bridgehead atoms. The van der Waals surface area contributed by atoms with Crippen molar-refractivity contribution >= 4 is 35.6 Å². The van der Waals surface area contributed by atoms with Crippen molar-refractivity contribution in [3.05, 3.63) is 33.3 Å². The summed E-state index contributed by atoms with van der Waals surface area (Å²) in [7, 11) is 0. The molecule has 23 heavy (non-hydrogen) atoms. The Morgan fingerprint density at radius 1 is 1.39 bits per heavy atom. The van der Waals surface area contributed by atoms with Gasteiger partial charge in [0.25, 0.3) is 5.91 Å². The Labute approximate surface area is 146 Å². The summed E-state index contributed by atoms with van der Waals surface area (Å²) in [4.78, 5) is 22.2. The van der Waals surface area contributed by atoms with Crippen LogP contribution in [0.2, 0.25) is 5.02 Å². The highest BCUT2D eigenvalue weighted by molar-refractivity contribution is 6.30. The molecule has 0 spiro atoms. The van der Waals surface area contributed by atoms with Crippen LogP contribution in [0.1, 0.15) is 20.3 Å². The normalized spacial score (nSPS) is 11.3. The summed E-state index contributed by atoms with van der Waals surface area (Å²) in [6.45, 7) is 5.61. The zero-order valence-corrected chi connectivity index (χ0v) is 14.6. The first-order valence-electron chi connectivity index (χ1n) is 7.04. The van der Waals surface area contributed by atoms with Gasteiger partial charge in [0, 0.05) is 24.2 Å². The predicted molar refractivity (Wildman–Crippen MR) is 91.6 cm³/mol. The van der Waals surface area contributed by atoms with E-state index in [9.17, 15) is 14.9 Å². The monoisotopic (exact) mass is 365 g/mol. The molecule has 9 heteroatoms. The Morgan fingerprint density at radius 3 is 2.70 bits per heavy atom. The van der Waals surface area contributed by atoms with Crippen LogP contribution in [0.5, 0.6) is 5.75 Å². The SMILES string of the molecule is CCCNCCNC(=O)C(C)Oc1ccc(Cl)cc1[N+](=O)[O-].Cl. The number of carbonyl (C=O) groups is 1. The van der Waals surface area contributed by atoms with Crippen LogP contribution >= 0.6 is 24.0 Å². The number of rotatable bonds is 9. The Balaban J connectivity index is 0.00000484.